The molecule has 94 valence electrons. The van der Waals surface area contributed by atoms with Crippen LogP contribution < -0.4 is 0 Å². The summed E-state index contributed by atoms with van der Waals surface area (Å²) in [6.07, 6.45) is 1.37. The number of hydrogen-bond acceptors (Lipinski definition) is 2. The average molecular weight is 258 g/mol. The van der Waals surface area contributed by atoms with Crippen molar-refractivity contribution in [2.24, 2.45) is 0 Å². The first kappa shape index (κ1) is 11.5. The first-order valence-corrected chi connectivity index (χ1v) is 5.58. The smallest absolute Gasteiger partial charge is 0.263 e. The van der Waals surface area contributed by atoms with Crippen LogP contribution in [0.1, 0.15) is 10.4 Å². The Morgan fingerprint density at radius 3 is 2.63 bits per heavy atom. The molecule has 19 heavy (non-hydrogen) atoms. The number of carbonyl (C=O) groups is 1. The zero-order chi connectivity index (χ0) is 13.4. The molecule has 0 spiro atoms. The first-order valence-electron chi connectivity index (χ1n) is 5.58. The van der Waals surface area contributed by atoms with E-state index in [1.54, 1.807) is 18.2 Å². The monoisotopic (exact) mass is 258 g/mol. The summed E-state index contributed by atoms with van der Waals surface area (Å²) in [5.41, 5.74) is 1.36. The van der Waals surface area contributed by atoms with Crippen LogP contribution in [0.5, 0.6) is 0 Å². The zero-order valence-electron chi connectivity index (χ0n) is 9.68. The Morgan fingerprint density at radius 2 is 1.84 bits per heavy atom. The molecule has 0 aliphatic carbocycles. The summed E-state index contributed by atoms with van der Waals surface area (Å²) in [7, 11) is 0. The van der Waals surface area contributed by atoms with E-state index in [9.17, 15) is 13.6 Å². The molecule has 3 nitrogen and oxygen atoms in total. The number of hydrogen-bond donors (Lipinski definition) is 0. The van der Waals surface area contributed by atoms with E-state index < -0.39 is 17.5 Å². The SMILES string of the molecule is O=C(c1ccc(F)c(F)c1)n1cnc2ccccc21. The van der Waals surface area contributed by atoms with Gasteiger partial charge in [-0.15, -0.1) is 0 Å². The predicted octanol–water partition coefficient (Wildman–Crippen LogP) is 3.00. The maximum atomic E-state index is 13.1. The lowest BCUT2D eigenvalue weighted by molar-refractivity contribution is 0.0964. The van der Waals surface area contributed by atoms with Gasteiger partial charge in [0, 0.05) is 5.56 Å². The van der Waals surface area contributed by atoms with Gasteiger partial charge in [0.2, 0.25) is 0 Å². The quantitative estimate of drug-likeness (QED) is 0.672. The van der Waals surface area contributed by atoms with Gasteiger partial charge in [-0.2, -0.15) is 0 Å². The molecule has 0 fully saturated rings. The molecule has 3 rings (SSSR count). The fourth-order valence-corrected chi connectivity index (χ4v) is 1.89. The minimum absolute atomic E-state index is 0.0713. The summed E-state index contributed by atoms with van der Waals surface area (Å²) >= 11 is 0. The van der Waals surface area contributed by atoms with Crippen molar-refractivity contribution in [2.45, 2.75) is 0 Å². The number of fused-ring (bicyclic) bond motifs is 1. The number of nitrogens with zero attached hydrogens (tertiary/aromatic N) is 2. The lowest BCUT2D eigenvalue weighted by Gasteiger charge is -2.03. The van der Waals surface area contributed by atoms with Crippen LogP contribution in [0.3, 0.4) is 0 Å². The summed E-state index contributed by atoms with van der Waals surface area (Å²) < 4.78 is 27.3. The Kier molecular flexibility index (Phi) is 2.59. The van der Waals surface area contributed by atoms with Gasteiger partial charge in [0.1, 0.15) is 6.33 Å². The van der Waals surface area contributed by atoms with Crippen molar-refractivity contribution in [3.8, 4) is 0 Å². The van der Waals surface area contributed by atoms with Crippen molar-refractivity contribution in [1.29, 1.82) is 0 Å². The third kappa shape index (κ3) is 1.89. The Morgan fingerprint density at radius 1 is 1.05 bits per heavy atom. The zero-order valence-corrected chi connectivity index (χ0v) is 9.68. The van der Waals surface area contributed by atoms with E-state index in [1.807, 2.05) is 6.07 Å². The van der Waals surface area contributed by atoms with E-state index in [0.717, 1.165) is 12.1 Å². The van der Waals surface area contributed by atoms with Crippen LogP contribution in [-0.2, 0) is 0 Å². The van der Waals surface area contributed by atoms with Crippen LogP contribution in [-0.4, -0.2) is 15.5 Å². The number of rotatable bonds is 1. The fourth-order valence-electron chi connectivity index (χ4n) is 1.89. The van der Waals surface area contributed by atoms with Gasteiger partial charge in [0.05, 0.1) is 11.0 Å². The van der Waals surface area contributed by atoms with Gasteiger partial charge in [0.25, 0.3) is 5.91 Å². The lowest BCUT2D eigenvalue weighted by Crippen LogP contribution is -2.11. The number of halogens is 2. The summed E-state index contributed by atoms with van der Waals surface area (Å²) in [6.45, 7) is 0. The minimum Gasteiger partial charge on any atom is -0.268 e. The predicted molar refractivity (Wildman–Crippen MR) is 65.8 cm³/mol. The lowest BCUT2D eigenvalue weighted by atomic mass is 10.2. The number of imidazole rings is 1. The molecule has 1 heterocycles. The maximum Gasteiger partial charge on any atom is 0.263 e. The molecule has 0 atom stereocenters. The summed E-state index contributed by atoms with van der Waals surface area (Å²) in [4.78, 5) is 16.3. The molecule has 0 saturated carbocycles. The van der Waals surface area contributed by atoms with E-state index in [4.69, 9.17) is 0 Å². The Balaban J connectivity index is 2.11. The molecule has 0 radical (unpaired) electrons. The van der Waals surface area contributed by atoms with E-state index in [0.29, 0.717) is 11.0 Å². The van der Waals surface area contributed by atoms with Crippen LogP contribution in [0.25, 0.3) is 11.0 Å². The summed E-state index contributed by atoms with van der Waals surface area (Å²) in [5.74, 6) is -2.48. The van der Waals surface area contributed by atoms with Crippen molar-refractivity contribution >= 4 is 16.9 Å². The van der Waals surface area contributed by atoms with Gasteiger partial charge >= 0.3 is 0 Å². The Hall–Kier alpha value is -2.56. The maximum absolute atomic E-state index is 13.1. The Bertz CT molecular complexity index is 780. The number of carbonyl (C=O) groups excluding carboxylic acids is 1. The van der Waals surface area contributed by atoms with E-state index in [1.165, 1.54) is 17.0 Å². The van der Waals surface area contributed by atoms with Crippen molar-refractivity contribution < 1.29 is 13.6 Å². The second-order valence-electron chi connectivity index (χ2n) is 4.04. The van der Waals surface area contributed by atoms with E-state index >= 15 is 0 Å². The van der Waals surface area contributed by atoms with Crippen molar-refractivity contribution in [1.82, 2.24) is 9.55 Å². The van der Waals surface area contributed by atoms with Crippen LogP contribution in [0.15, 0.2) is 48.8 Å². The molecule has 3 aromatic rings. The van der Waals surface area contributed by atoms with Gasteiger partial charge in [0.15, 0.2) is 11.6 Å². The van der Waals surface area contributed by atoms with Crippen molar-refractivity contribution in [2.75, 3.05) is 0 Å². The third-order valence-corrected chi connectivity index (χ3v) is 2.84. The standard InChI is InChI=1S/C14H8F2N2O/c15-10-6-5-9(7-11(10)16)14(19)18-8-17-12-3-1-2-4-13(12)18/h1-8H. The molecule has 0 aliphatic rings. The molecule has 5 heteroatoms. The highest BCUT2D eigenvalue weighted by molar-refractivity contribution is 6.01. The van der Waals surface area contributed by atoms with Gasteiger partial charge in [-0.05, 0) is 30.3 Å². The number of para-hydroxylation sites is 2. The first-order chi connectivity index (χ1) is 9.16. The highest BCUT2D eigenvalue weighted by Crippen LogP contribution is 2.15. The molecular weight excluding hydrogens is 250 g/mol. The molecule has 0 unspecified atom stereocenters. The average Bonchev–Trinajstić information content (AvgIpc) is 2.85. The van der Waals surface area contributed by atoms with Crippen LogP contribution >= 0.6 is 0 Å². The normalized spacial score (nSPS) is 10.8. The molecule has 0 amide bonds. The largest absolute Gasteiger partial charge is 0.268 e. The second-order valence-corrected chi connectivity index (χ2v) is 4.04. The van der Waals surface area contributed by atoms with Gasteiger partial charge in [-0.25, -0.2) is 13.8 Å². The van der Waals surface area contributed by atoms with Crippen LogP contribution in [0.4, 0.5) is 8.78 Å². The Labute approximate surface area is 107 Å². The van der Waals surface area contributed by atoms with Gasteiger partial charge in [-0.3, -0.25) is 9.36 Å². The highest BCUT2D eigenvalue weighted by atomic mass is 19.2. The molecule has 0 N–H and O–H groups in total. The highest BCUT2D eigenvalue weighted by Gasteiger charge is 2.14. The van der Waals surface area contributed by atoms with Crippen LogP contribution in [0, 0.1) is 11.6 Å². The van der Waals surface area contributed by atoms with Crippen molar-refractivity contribution in [3.63, 3.8) is 0 Å². The molecular formula is C14H8F2N2O. The second kappa shape index (κ2) is 4.28. The van der Waals surface area contributed by atoms with Crippen molar-refractivity contribution in [3.05, 3.63) is 66.0 Å². The number of aromatic nitrogens is 2. The summed E-state index contributed by atoms with van der Waals surface area (Å²) in [6, 6.07) is 10.1. The third-order valence-electron chi connectivity index (χ3n) is 2.84. The van der Waals surface area contributed by atoms with Gasteiger partial charge < -0.3 is 0 Å². The van der Waals surface area contributed by atoms with E-state index in [-0.39, 0.29) is 5.56 Å². The molecule has 2 aromatic carbocycles. The topological polar surface area (TPSA) is 34.9 Å². The summed E-state index contributed by atoms with van der Waals surface area (Å²) in [5, 5.41) is 0. The minimum atomic E-state index is -1.05. The van der Waals surface area contributed by atoms with Crippen LogP contribution in [0.2, 0.25) is 0 Å². The number of benzene rings is 2. The van der Waals surface area contributed by atoms with E-state index in [2.05, 4.69) is 4.98 Å². The molecule has 0 saturated heterocycles. The molecule has 0 aliphatic heterocycles. The molecule has 0 bridgehead atoms. The van der Waals surface area contributed by atoms with Gasteiger partial charge in [-0.1, -0.05) is 12.1 Å². The fraction of sp³-hybridized carbons (Fsp3) is 0. The molecule has 1 aromatic heterocycles.